The molecule has 0 aliphatic carbocycles. The molecule has 4 N–H and O–H groups in total. The highest BCUT2D eigenvalue weighted by molar-refractivity contribution is 6.09. The number of phenols is 2. The number of carbonyl (C=O) groups excluding carboxylic acids is 2. The average Bonchev–Trinajstić information content (AvgIpc) is 2.97. The lowest BCUT2D eigenvalue weighted by Gasteiger charge is -2.08. The molecule has 6 aromatic carbocycles. The van der Waals surface area contributed by atoms with Crippen molar-refractivity contribution in [1.82, 2.24) is 0 Å². The summed E-state index contributed by atoms with van der Waals surface area (Å²) in [5, 5.41) is 29.2. The van der Waals surface area contributed by atoms with E-state index in [2.05, 4.69) is 10.6 Å². The summed E-state index contributed by atoms with van der Waals surface area (Å²) < 4.78 is 0. The highest BCUT2D eigenvalue weighted by Crippen LogP contribution is 2.27. The lowest BCUT2D eigenvalue weighted by atomic mass is 10.1. The molecule has 6 aromatic rings. The second-order valence-electron chi connectivity index (χ2n) is 9.07. The maximum absolute atomic E-state index is 12.2. The summed E-state index contributed by atoms with van der Waals surface area (Å²) in [6.07, 6.45) is 0. The fourth-order valence-corrected chi connectivity index (χ4v) is 4.26. The van der Waals surface area contributed by atoms with Gasteiger partial charge in [0.15, 0.2) is 0 Å². The van der Waals surface area contributed by atoms with Gasteiger partial charge < -0.3 is 20.8 Å². The lowest BCUT2D eigenvalue weighted by Crippen LogP contribution is -2.11. The second-order valence-corrected chi connectivity index (χ2v) is 9.07. The largest absolute Gasteiger partial charge is 0.507 e. The van der Waals surface area contributed by atoms with E-state index in [0.29, 0.717) is 11.4 Å². The molecule has 0 unspecified atom stereocenters. The Morgan fingerprint density at radius 2 is 0.725 bits per heavy atom. The summed E-state index contributed by atoms with van der Waals surface area (Å²) in [5.41, 5.74) is 1.94. The van der Waals surface area contributed by atoms with Crippen molar-refractivity contribution in [2.75, 3.05) is 10.6 Å². The minimum atomic E-state index is -0.320. The molecule has 0 fully saturated rings. The van der Waals surface area contributed by atoms with Gasteiger partial charge >= 0.3 is 0 Å². The molecule has 0 aromatic heterocycles. The van der Waals surface area contributed by atoms with Gasteiger partial charge in [-0.05, 0) is 70.1 Å². The number of rotatable bonds is 4. The minimum absolute atomic E-state index is 0.0165. The smallest absolute Gasteiger partial charge is 0.259 e. The first-order valence-electron chi connectivity index (χ1n) is 12.6. The maximum Gasteiger partial charge on any atom is 0.259 e. The number of nitrogens with one attached hydrogen (secondary N) is 2. The topological polar surface area (TPSA) is 98.7 Å². The molecular weight excluding hydrogens is 500 g/mol. The van der Waals surface area contributed by atoms with E-state index in [-0.39, 0.29) is 34.4 Å². The molecule has 0 heterocycles. The van der Waals surface area contributed by atoms with Crippen LogP contribution in [0.25, 0.3) is 21.5 Å². The van der Waals surface area contributed by atoms with E-state index in [1.54, 1.807) is 48.5 Å². The summed E-state index contributed by atoms with van der Waals surface area (Å²) in [4.78, 5) is 24.4. The molecule has 2 amide bonds. The van der Waals surface area contributed by atoms with Gasteiger partial charge in [-0.2, -0.15) is 0 Å². The van der Waals surface area contributed by atoms with Gasteiger partial charge in [0.05, 0.1) is 11.1 Å². The summed E-state index contributed by atoms with van der Waals surface area (Å²) in [7, 11) is 0. The summed E-state index contributed by atoms with van der Waals surface area (Å²) in [6, 6.07) is 40.1. The second kappa shape index (κ2) is 11.8. The van der Waals surface area contributed by atoms with Crippen molar-refractivity contribution in [1.29, 1.82) is 0 Å². The molecule has 0 radical (unpaired) electrons. The SMILES string of the molecule is O=C(Nc1ccccc1)c1cc2ccccc2cc1O.O=C(Nc1ccccc1)c1cc2ccccc2cc1O. The number of hydrogen-bond acceptors (Lipinski definition) is 4. The Morgan fingerprint density at radius 3 is 1.07 bits per heavy atom. The third kappa shape index (κ3) is 6.09. The van der Waals surface area contributed by atoms with E-state index < -0.39 is 0 Å². The van der Waals surface area contributed by atoms with Crippen LogP contribution in [-0.4, -0.2) is 22.0 Å². The summed E-state index contributed by atoms with van der Waals surface area (Å²) in [5.74, 6) is -0.673. The quantitative estimate of drug-likeness (QED) is 0.190. The number of hydrogen-bond donors (Lipinski definition) is 4. The van der Waals surface area contributed by atoms with Crippen molar-refractivity contribution in [3.05, 3.63) is 145 Å². The standard InChI is InChI=1S/2C17H13NO2/c2*19-16-11-13-7-5-4-6-12(13)10-15(16)17(20)18-14-8-2-1-3-9-14/h2*1-11,19H,(H,18,20). The predicted octanol–water partition coefficient (Wildman–Crippen LogP) is 7.60. The predicted molar refractivity (Wildman–Crippen MR) is 160 cm³/mol. The fourth-order valence-electron chi connectivity index (χ4n) is 4.26. The van der Waals surface area contributed by atoms with Crippen molar-refractivity contribution >= 4 is 44.7 Å². The van der Waals surface area contributed by atoms with Crippen LogP contribution >= 0.6 is 0 Å². The van der Waals surface area contributed by atoms with E-state index in [9.17, 15) is 19.8 Å². The number of para-hydroxylation sites is 2. The van der Waals surface area contributed by atoms with Crippen LogP contribution in [0, 0.1) is 0 Å². The first-order valence-corrected chi connectivity index (χ1v) is 12.6. The van der Waals surface area contributed by atoms with Crippen molar-refractivity contribution in [3.63, 3.8) is 0 Å². The fraction of sp³-hybridized carbons (Fsp3) is 0. The molecule has 0 saturated heterocycles. The van der Waals surface area contributed by atoms with E-state index in [0.717, 1.165) is 21.5 Å². The number of carbonyl (C=O) groups is 2. The Morgan fingerprint density at radius 1 is 0.425 bits per heavy atom. The zero-order chi connectivity index (χ0) is 27.9. The van der Waals surface area contributed by atoms with E-state index in [1.807, 2.05) is 84.9 Å². The van der Waals surface area contributed by atoms with Gasteiger partial charge in [0.1, 0.15) is 11.5 Å². The molecular formula is C34H26N2O4. The zero-order valence-corrected chi connectivity index (χ0v) is 21.4. The molecule has 6 heteroatoms. The van der Waals surface area contributed by atoms with Gasteiger partial charge in [0, 0.05) is 11.4 Å². The van der Waals surface area contributed by atoms with Crippen LogP contribution in [-0.2, 0) is 0 Å². The van der Waals surface area contributed by atoms with Crippen LogP contribution in [0.3, 0.4) is 0 Å². The molecule has 6 rings (SSSR count). The van der Waals surface area contributed by atoms with E-state index in [1.165, 1.54) is 0 Å². The Bertz CT molecular complexity index is 1670. The van der Waals surface area contributed by atoms with E-state index in [4.69, 9.17) is 0 Å². The van der Waals surface area contributed by atoms with Crippen LogP contribution in [0.2, 0.25) is 0 Å². The first kappa shape index (κ1) is 26.0. The molecule has 196 valence electrons. The van der Waals surface area contributed by atoms with Gasteiger partial charge in [0.25, 0.3) is 11.8 Å². The number of anilines is 2. The summed E-state index contributed by atoms with van der Waals surface area (Å²) >= 11 is 0. The highest BCUT2D eigenvalue weighted by Gasteiger charge is 2.13. The van der Waals surface area contributed by atoms with Crippen molar-refractivity contribution < 1.29 is 19.8 Å². The molecule has 0 atom stereocenters. The molecule has 0 saturated carbocycles. The van der Waals surface area contributed by atoms with Crippen molar-refractivity contribution in [2.24, 2.45) is 0 Å². The van der Waals surface area contributed by atoms with Gasteiger partial charge in [0.2, 0.25) is 0 Å². The Balaban J connectivity index is 0.000000161. The van der Waals surface area contributed by atoms with Crippen LogP contribution in [0.15, 0.2) is 133 Å². The maximum atomic E-state index is 12.2. The third-order valence-corrected chi connectivity index (χ3v) is 6.28. The van der Waals surface area contributed by atoms with Crippen molar-refractivity contribution in [2.45, 2.75) is 0 Å². The van der Waals surface area contributed by atoms with E-state index >= 15 is 0 Å². The van der Waals surface area contributed by atoms with Crippen molar-refractivity contribution in [3.8, 4) is 11.5 Å². The molecule has 0 aliphatic heterocycles. The Labute approximate surface area is 231 Å². The zero-order valence-electron chi connectivity index (χ0n) is 21.4. The van der Waals surface area contributed by atoms with Gasteiger partial charge in [-0.25, -0.2) is 0 Å². The van der Waals surface area contributed by atoms with Crippen LogP contribution in [0.5, 0.6) is 11.5 Å². The molecule has 6 nitrogen and oxygen atoms in total. The summed E-state index contributed by atoms with van der Waals surface area (Å²) in [6.45, 7) is 0. The number of amides is 2. The number of aromatic hydroxyl groups is 2. The van der Waals surface area contributed by atoms with Gasteiger partial charge in [-0.1, -0.05) is 84.9 Å². The van der Waals surface area contributed by atoms with Crippen LogP contribution in [0.4, 0.5) is 11.4 Å². The van der Waals surface area contributed by atoms with Gasteiger partial charge in [-0.3, -0.25) is 9.59 Å². The molecule has 0 aliphatic rings. The average molecular weight is 527 g/mol. The monoisotopic (exact) mass is 526 g/mol. The molecule has 0 bridgehead atoms. The third-order valence-electron chi connectivity index (χ3n) is 6.28. The van der Waals surface area contributed by atoms with Gasteiger partial charge in [-0.15, -0.1) is 0 Å². The minimum Gasteiger partial charge on any atom is -0.507 e. The highest BCUT2D eigenvalue weighted by atomic mass is 16.3. The van der Waals surface area contributed by atoms with Crippen LogP contribution in [0.1, 0.15) is 20.7 Å². The molecule has 0 spiro atoms. The Kier molecular flexibility index (Phi) is 7.69. The van der Waals surface area contributed by atoms with Crippen LogP contribution < -0.4 is 10.6 Å². The first-order chi connectivity index (χ1) is 19.5. The molecule has 40 heavy (non-hydrogen) atoms. The normalized spacial score (nSPS) is 10.4. The number of fused-ring (bicyclic) bond motifs is 2. The lowest BCUT2D eigenvalue weighted by molar-refractivity contribution is 0.101. The number of phenolic OH excluding ortho intramolecular Hbond substituents is 2. The Hall–Kier alpha value is -5.62. The number of benzene rings is 6.